The third-order valence-corrected chi connectivity index (χ3v) is 10.0. The summed E-state index contributed by atoms with van der Waals surface area (Å²) in [7, 11) is -2.07. The van der Waals surface area contributed by atoms with Crippen molar-refractivity contribution in [1.29, 1.82) is 0 Å². The fraction of sp³-hybridized carbons (Fsp3) is 0.314. The number of pyridine rings is 1. The Labute approximate surface area is 284 Å². The molecule has 15 heteroatoms. The molecule has 0 aliphatic carbocycles. The number of benzene rings is 3. The van der Waals surface area contributed by atoms with E-state index < -0.39 is 99.0 Å². The quantitative estimate of drug-likeness (QED) is 0.122. The van der Waals surface area contributed by atoms with E-state index in [2.05, 4.69) is 5.32 Å². The standard InChI is InChI=1S/C35H31F7N2O5S/c1-19-22(16-23-24(35(40,41)42)11-7-13-26(23)36)33-44(32(47)29(19)21-10-6-12-25(30(21)37)34(2,38)39)27(18-50(33)48)31(20-8-4-3-5-9-20)43-14-15-49-17-28(45)46/h3-13,27,31,43H,14-18H2,1-2H3,(H,45,46). The van der Waals surface area contributed by atoms with Crippen LogP contribution in [0.3, 0.4) is 0 Å². The number of hydrogen-bond donors (Lipinski definition) is 2. The number of rotatable bonds is 12. The number of carbonyl (C=O) groups is 1. The first-order valence-corrected chi connectivity index (χ1v) is 16.6. The number of hydrogen-bond acceptors (Lipinski definition) is 5. The lowest BCUT2D eigenvalue weighted by Crippen LogP contribution is -2.37. The fourth-order valence-electron chi connectivity index (χ4n) is 6.28. The molecule has 0 radical (unpaired) electrons. The summed E-state index contributed by atoms with van der Waals surface area (Å²) in [4.78, 5) is 25.4. The van der Waals surface area contributed by atoms with Crippen LogP contribution in [0.25, 0.3) is 11.1 Å². The van der Waals surface area contributed by atoms with Crippen molar-refractivity contribution in [2.75, 3.05) is 25.5 Å². The van der Waals surface area contributed by atoms with Gasteiger partial charge in [0.1, 0.15) is 23.3 Å². The third kappa shape index (κ3) is 7.39. The fourth-order valence-corrected chi connectivity index (χ4v) is 8.03. The molecule has 0 fully saturated rings. The van der Waals surface area contributed by atoms with Crippen molar-refractivity contribution in [3.05, 3.63) is 122 Å². The second-order valence-electron chi connectivity index (χ2n) is 11.8. The molecular formula is C35H31F7N2O5S. The van der Waals surface area contributed by atoms with Crippen LogP contribution in [0.5, 0.6) is 0 Å². The molecular weight excluding hydrogens is 693 g/mol. The molecule has 2 heterocycles. The van der Waals surface area contributed by atoms with Gasteiger partial charge >= 0.3 is 12.1 Å². The Morgan fingerprint density at radius 3 is 2.30 bits per heavy atom. The highest BCUT2D eigenvalue weighted by Crippen LogP contribution is 2.42. The summed E-state index contributed by atoms with van der Waals surface area (Å²) in [6.45, 7) is 1.10. The minimum Gasteiger partial charge on any atom is -0.480 e. The molecule has 266 valence electrons. The van der Waals surface area contributed by atoms with Gasteiger partial charge in [0.15, 0.2) is 0 Å². The number of nitrogens with zero attached hydrogens (tertiary/aromatic N) is 1. The highest BCUT2D eigenvalue weighted by Gasteiger charge is 2.41. The maximum Gasteiger partial charge on any atom is 0.416 e. The largest absolute Gasteiger partial charge is 0.480 e. The zero-order valence-corrected chi connectivity index (χ0v) is 27.4. The summed E-state index contributed by atoms with van der Waals surface area (Å²) in [5.41, 5.74) is -4.83. The Bertz CT molecular complexity index is 1990. The molecule has 1 aromatic heterocycles. The van der Waals surface area contributed by atoms with Crippen LogP contribution in [-0.4, -0.2) is 45.4 Å². The Balaban J connectivity index is 1.78. The predicted molar refractivity (Wildman–Crippen MR) is 171 cm³/mol. The van der Waals surface area contributed by atoms with Crippen LogP contribution in [0.15, 0.2) is 76.6 Å². The summed E-state index contributed by atoms with van der Waals surface area (Å²) >= 11 is 0. The SMILES string of the molecule is Cc1c(Cc2c(F)cccc2C(F)(F)F)c2n(c(=O)c1-c1cccc(C(C)(F)F)c1F)C(C(NCCOCC(=O)O)c1ccccc1)CS2=O. The van der Waals surface area contributed by atoms with Crippen LogP contribution in [0.4, 0.5) is 30.7 Å². The van der Waals surface area contributed by atoms with Crippen LogP contribution in [-0.2, 0) is 38.9 Å². The molecule has 3 atom stereocenters. The first kappa shape index (κ1) is 36.9. The van der Waals surface area contributed by atoms with E-state index in [0.29, 0.717) is 18.6 Å². The second kappa shape index (κ2) is 14.5. The van der Waals surface area contributed by atoms with Gasteiger partial charge in [0, 0.05) is 31.0 Å². The normalized spacial score (nSPS) is 16.7. The molecule has 1 aliphatic rings. The number of fused-ring (bicyclic) bond motifs is 1. The van der Waals surface area contributed by atoms with Gasteiger partial charge in [-0.3, -0.25) is 13.6 Å². The first-order valence-electron chi connectivity index (χ1n) is 15.3. The topological polar surface area (TPSA) is 97.6 Å². The highest BCUT2D eigenvalue weighted by molar-refractivity contribution is 7.85. The van der Waals surface area contributed by atoms with Crippen molar-refractivity contribution in [3.8, 4) is 11.1 Å². The van der Waals surface area contributed by atoms with E-state index in [1.54, 1.807) is 30.3 Å². The molecule has 3 unspecified atom stereocenters. The van der Waals surface area contributed by atoms with Crippen molar-refractivity contribution in [2.24, 2.45) is 0 Å². The zero-order valence-electron chi connectivity index (χ0n) is 26.6. The van der Waals surface area contributed by atoms with Gasteiger partial charge in [0.05, 0.1) is 51.9 Å². The lowest BCUT2D eigenvalue weighted by Gasteiger charge is -2.28. The minimum atomic E-state index is -5.00. The summed E-state index contributed by atoms with van der Waals surface area (Å²) in [5.74, 6) is -7.79. The molecule has 0 bridgehead atoms. The van der Waals surface area contributed by atoms with E-state index in [4.69, 9.17) is 9.84 Å². The summed E-state index contributed by atoms with van der Waals surface area (Å²) in [6.07, 6.45) is -5.81. The van der Waals surface area contributed by atoms with E-state index in [1.165, 1.54) is 6.92 Å². The van der Waals surface area contributed by atoms with Gasteiger partial charge < -0.3 is 15.2 Å². The molecule has 0 saturated carbocycles. The molecule has 50 heavy (non-hydrogen) atoms. The molecule has 3 aromatic carbocycles. The van der Waals surface area contributed by atoms with Crippen LogP contribution in [0.2, 0.25) is 0 Å². The van der Waals surface area contributed by atoms with Gasteiger partial charge in [-0.05, 0) is 35.7 Å². The number of carboxylic acid groups (broad SMARTS) is 1. The van der Waals surface area contributed by atoms with Crippen LogP contribution in [0.1, 0.15) is 52.4 Å². The Morgan fingerprint density at radius 1 is 1.00 bits per heavy atom. The number of nitrogens with one attached hydrogen (secondary N) is 1. The average molecular weight is 725 g/mol. The number of ether oxygens (including phenoxy) is 1. The van der Waals surface area contributed by atoms with Gasteiger partial charge in [-0.25, -0.2) is 22.4 Å². The lowest BCUT2D eigenvalue weighted by molar-refractivity contribution is -0.142. The zero-order chi connectivity index (χ0) is 36.5. The van der Waals surface area contributed by atoms with E-state index in [9.17, 15) is 35.8 Å². The van der Waals surface area contributed by atoms with E-state index >= 15 is 8.78 Å². The first-order chi connectivity index (χ1) is 23.5. The Kier molecular flexibility index (Phi) is 10.7. The van der Waals surface area contributed by atoms with Crippen LogP contribution in [0, 0.1) is 18.6 Å². The molecule has 0 spiro atoms. The molecule has 0 saturated heterocycles. The van der Waals surface area contributed by atoms with Crippen LogP contribution < -0.4 is 10.9 Å². The molecule has 4 aromatic rings. The predicted octanol–water partition coefficient (Wildman–Crippen LogP) is 6.92. The van der Waals surface area contributed by atoms with Crippen molar-refractivity contribution >= 4 is 16.8 Å². The van der Waals surface area contributed by atoms with Crippen LogP contribution >= 0.6 is 0 Å². The monoisotopic (exact) mass is 724 g/mol. The van der Waals surface area contributed by atoms with Gasteiger partial charge in [0.25, 0.3) is 11.5 Å². The lowest BCUT2D eigenvalue weighted by atomic mass is 9.91. The Morgan fingerprint density at radius 2 is 1.66 bits per heavy atom. The van der Waals surface area contributed by atoms with E-state index in [0.717, 1.165) is 34.9 Å². The van der Waals surface area contributed by atoms with Gasteiger partial charge in [0.2, 0.25) is 0 Å². The van der Waals surface area contributed by atoms with E-state index in [-0.39, 0.29) is 35.1 Å². The third-order valence-electron chi connectivity index (χ3n) is 8.51. The molecule has 2 N–H and O–H groups in total. The van der Waals surface area contributed by atoms with Crippen molar-refractivity contribution in [1.82, 2.24) is 9.88 Å². The number of aromatic nitrogens is 1. The van der Waals surface area contributed by atoms with E-state index in [1.807, 2.05) is 0 Å². The number of aliphatic carboxylic acids is 1. The number of halogens is 7. The minimum absolute atomic E-state index is 0.0397. The maximum absolute atomic E-state index is 15.9. The molecule has 1 aliphatic heterocycles. The Hall–Kier alpha value is -4.34. The number of alkyl halides is 5. The summed E-state index contributed by atoms with van der Waals surface area (Å²) in [6, 6.07) is 12.0. The second-order valence-corrected chi connectivity index (χ2v) is 13.2. The van der Waals surface area contributed by atoms with Gasteiger partial charge in [-0.1, -0.05) is 54.6 Å². The molecule has 0 amide bonds. The maximum atomic E-state index is 15.9. The van der Waals surface area contributed by atoms with Gasteiger partial charge in [-0.2, -0.15) is 13.2 Å². The van der Waals surface area contributed by atoms with Crippen molar-refractivity contribution in [3.63, 3.8) is 0 Å². The van der Waals surface area contributed by atoms with Gasteiger partial charge in [-0.15, -0.1) is 0 Å². The number of carboxylic acids is 1. The van der Waals surface area contributed by atoms with Crippen molar-refractivity contribution < 1.29 is 49.6 Å². The molecule has 7 nitrogen and oxygen atoms in total. The smallest absolute Gasteiger partial charge is 0.416 e. The summed E-state index contributed by atoms with van der Waals surface area (Å²) < 4.78 is 123. The van der Waals surface area contributed by atoms with Crippen molar-refractivity contribution in [2.45, 2.75) is 49.5 Å². The highest BCUT2D eigenvalue weighted by atomic mass is 32.2. The summed E-state index contributed by atoms with van der Waals surface area (Å²) in [5, 5.41) is 11.9. The average Bonchev–Trinajstić information content (AvgIpc) is 3.38. The molecule has 5 rings (SSSR count).